The molecule has 5 nitrogen and oxygen atoms in total. The van der Waals surface area contributed by atoms with Gasteiger partial charge in [-0.25, -0.2) is 0 Å². The molecule has 7 heteroatoms. The Kier molecular flexibility index (Phi) is 4.19. The van der Waals surface area contributed by atoms with Gasteiger partial charge in [0, 0.05) is 39.6 Å². The van der Waals surface area contributed by atoms with Crippen molar-refractivity contribution in [3.8, 4) is 0 Å². The zero-order chi connectivity index (χ0) is 19.5. The normalized spacial score (nSPS) is 28.3. The Bertz CT molecular complexity index is 997. The van der Waals surface area contributed by atoms with E-state index in [-0.39, 0.29) is 17.9 Å². The summed E-state index contributed by atoms with van der Waals surface area (Å²) < 4.78 is 0. The fraction of sp³-hybridized carbons (Fsp3) is 0.333. The predicted molar refractivity (Wildman–Crippen MR) is 113 cm³/mol. The molecule has 3 atom stereocenters. The molecule has 0 aliphatic carbocycles. The van der Waals surface area contributed by atoms with Crippen LogP contribution in [0.15, 0.2) is 42.5 Å². The number of carbonyl (C=O) groups is 2. The molecule has 0 aromatic heterocycles. The fourth-order valence-corrected chi connectivity index (χ4v) is 6.29. The monoisotopic (exact) mass is 413 g/mol. The lowest BCUT2D eigenvalue weighted by Crippen LogP contribution is -2.53. The van der Waals surface area contributed by atoms with Crippen LogP contribution >= 0.6 is 23.4 Å². The molecule has 2 N–H and O–H groups in total. The lowest BCUT2D eigenvalue weighted by atomic mass is 9.79. The lowest BCUT2D eigenvalue weighted by molar-refractivity contribution is -0.134. The van der Waals surface area contributed by atoms with Gasteiger partial charge >= 0.3 is 0 Å². The molecule has 0 bridgehead atoms. The fourth-order valence-electron chi connectivity index (χ4n) is 4.80. The maximum absolute atomic E-state index is 13.4. The molecule has 144 valence electrons. The third-order valence-electron chi connectivity index (χ3n) is 6.13. The average Bonchev–Trinajstić information content (AvgIpc) is 3.33. The van der Waals surface area contributed by atoms with E-state index >= 15 is 0 Å². The van der Waals surface area contributed by atoms with Gasteiger partial charge < -0.3 is 10.6 Å². The molecule has 2 amide bonds. The second-order valence-electron chi connectivity index (χ2n) is 7.63. The quantitative estimate of drug-likeness (QED) is 0.785. The van der Waals surface area contributed by atoms with Crippen molar-refractivity contribution in [1.29, 1.82) is 0 Å². The van der Waals surface area contributed by atoms with Crippen LogP contribution in [0.3, 0.4) is 0 Å². The van der Waals surface area contributed by atoms with Crippen LogP contribution in [0.25, 0.3) is 0 Å². The van der Waals surface area contributed by atoms with Gasteiger partial charge in [0.05, 0.1) is 5.92 Å². The summed E-state index contributed by atoms with van der Waals surface area (Å²) in [5.74, 6) is 1.01. The number of para-hydroxylation sites is 1. The Morgan fingerprint density at radius 2 is 2.14 bits per heavy atom. The van der Waals surface area contributed by atoms with Crippen molar-refractivity contribution in [2.45, 2.75) is 24.9 Å². The highest BCUT2D eigenvalue weighted by Crippen LogP contribution is 2.55. The molecule has 2 saturated heterocycles. The molecular formula is C21H20ClN3O2S. The first-order chi connectivity index (χ1) is 13.5. The van der Waals surface area contributed by atoms with E-state index in [2.05, 4.69) is 15.5 Å². The molecule has 3 heterocycles. The molecule has 2 fully saturated rings. The topological polar surface area (TPSA) is 61.4 Å². The van der Waals surface area contributed by atoms with Crippen LogP contribution in [0, 0.1) is 12.8 Å². The molecule has 1 spiro atoms. The molecule has 3 aliphatic heterocycles. The minimum Gasteiger partial charge on any atom is -0.326 e. The van der Waals surface area contributed by atoms with Gasteiger partial charge in [-0.3, -0.25) is 14.5 Å². The number of aryl methyl sites for hydroxylation is 1. The highest BCUT2D eigenvalue weighted by atomic mass is 35.5. The maximum Gasteiger partial charge on any atom is 0.250 e. The summed E-state index contributed by atoms with van der Waals surface area (Å²) in [5.41, 5.74) is 2.39. The van der Waals surface area contributed by atoms with E-state index in [1.54, 1.807) is 6.07 Å². The number of hydrogen-bond donors (Lipinski definition) is 2. The van der Waals surface area contributed by atoms with E-state index in [9.17, 15) is 9.59 Å². The average molecular weight is 414 g/mol. The molecule has 3 unspecified atom stereocenters. The summed E-state index contributed by atoms with van der Waals surface area (Å²) in [5, 5.41) is 6.64. The SMILES string of the molecule is Cc1ccc(NC(=O)C2CC3CSCN3C23C(=O)Nc2ccccc23)cc1Cl. The number of nitrogens with zero attached hydrogens (tertiary/aromatic N) is 1. The minimum absolute atomic E-state index is 0.0965. The third-order valence-corrected chi connectivity index (χ3v) is 7.62. The zero-order valence-electron chi connectivity index (χ0n) is 15.4. The van der Waals surface area contributed by atoms with Crippen LogP contribution in [0.4, 0.5) is 11.4 Å². The number of halogens is 1. The highest BCUT2D eigenvalue weighted by Gasteiger charge is 2.65. The first-order valence-corrected chi connectivity index (χ1v) is 10.9. The van der Waals surface area contributed by atoms with Crippen molar-refractivity contribution in [3.63, 3.8) is 0 Å². The van der Waals surface area contributed by atoms with Gasteiger partial charge in [-0.1, -0.05) is 35.9 Å². The number of amides is 2. The van der Waals surface area contributed by atoms with Crippen molar-refractivity contribution in [2.24, 2.45) is 5.92 Å². The summed E-state index contributed by atoms with van der Waals surface area (Å²) in [7, 11) is 0. The number of anilines is 2. The van der Waals surface area contributed by atoms with E-state index in [0.717, 1.165) is 28.4 Å². The molecular weight excluding hydrogens is 394 g/mol. The Hall–Kier alpha value is -2.02. The number of nitrogens with one attached hydrogen (secondary N) is 2. The van der Waals surface area contributed by atoms with E-state index in [4.69, 9.17) is 11.6 Å². The van der Waals surface area contributed by atoms with Gasteiger partial charge in [0.1, 0.15) is 5.54 Å². The van der Waals surface area contributed by atoms with Crippen LogP contribution in [0.1, 0.15) is 17.5 Å². The van der Waals surface area contributed by atoms with Crippen molar-refractivity contribution < 1.29 is 9.59 Å². The lowest BCUT2D eigenvalue weighted by Gasteiger charge is -2.36. The van der Waals surface area contributed by atoms with Gasteiger partial charge in [0.15, 0.2) is 0 Å². The number of hydrogen-bond acceptors (Lipinski definition) is 4. The Labute approximate surface area is 172 Å². The Morgan fingerprint density at radius 3 is 2.96 bits per heavy atom. The number of rotatable bonds is 2. The van der Waals surface area contributed by atoms with Gasteiger partial charge in [-0.15, -0.1) is 11.8 Å². The molecule has 0 radical (unpaired) electrons. The van der Waals surface area contributed by atoms with E-state index in [1.807, 2.05) is 55.1 Å². The third kappa shape index (κ3) is 2.44. The van der Waals surface area contributed by atoms with E-state index in [1.165, 1.54) is 0 Å². The van der Waals surface area contributed by atoms with Crippen LogP contribution in [0.2, 0.25) is 5.02 Å². The van der Waals surface area contributed by atoms with Crippen molar-refractivity contribution >= 4 is 46.6 Å². The highest BCUT2D eigenvalue weighted by molar-refractivity contribution is 7.99. The van der Waals surface area contributed by atoms with Gasteiger partial charge in [0.2, 0.25) is 11.8 Å². The number of fused-ring (bicyclic) bond motifs is 4. The number of carbonyl (C=O) groups excluding carboxylic acids is 2. The van der Waals surface area contributed by atoms with Crippen LogP contribution < -0.4 is 10.6 Å². The maximum atomic E-state index is 13.4. The van der Waals surface area contributed by atoms with E-state index < -0.39 is 11.5 Å². The molecule has 5 rings (SSSR count). The summed E-state index contributed by atoms with van der Waals surface area (Å²) in [6.07, 6.45) is 0.667. The summed E-state index contributed by atoms with van der Waals surface area (Å²) in [6.45, 7) is 1.92. The second kappa shape index (κ2) is 6.51. The minimum atomic E-state index is -0.941. The standard InChI is InChI=1S/C21H20ClN3O2S/c1-12-6-7-13(8-17(12)22)23-19(26)16-9-14-10-28-11-25(14)21(16)15-4-2-3-5-18(15)24-20(21)27/h2-8,14,16H,9-11H2,1H3,(H,23,26)(H,24,27). The smallest absolute Gasteiger partial charge is 0.250 e. The van der Waals surface area contributed by atoms with Crippen LogP contribution in [-0.4, -0.2) is 34.4 Å². The number of thioether (sulfide) groups is 1. The van der Waals surface area contributed by atoms with Gasteiger partial charge in [-0.05, 0) is 37.1 Å². The summed E-state index contributed by atoms with van der Waals surface area (Å²) in [6, 6.07) is 13.4. The number of benzene rings is 2. The Balaban J connectivity index is 1.56. The largest absolute Gasteiger partial charge is 0.326 e. The second-order valence-corrected chi connectivity index (χ2v) is 9.04. The van der Waals surface area contributed by atoms with Crippen molar-refractivity contribution in [2.75, 3.05) is 22.3 Å². The molecule has 0 saturated carbocycles. The van der Waals surface area contributed by atoms with Crippen LogP contribution in [0.5, 0.6) is 0 Å². The summed E-state index contributed by atoms with van der Waals surface area (Å²) in [4.78, 5) is 28.9. The molecule has 2 aromatic rings. The first kappa shape index (κ1) is 18.0. The van der Waals surface area contributed by atoms with Crippen molar-refractivity contribution in [3.05, 3.63) is 58.6 Å². The zero-order valence-corrected chi connectivity index (χ0v) is 16.9. The molecule has 2 aromatic carbocycles. The predicted octanol–water partition coefficient (Wildman–Crippen LogP) is 3.83. The molecule has 28 heavy (non-hydrogen) atoms. The van der Waals surface area contributed by atoms with Crippen molar-refractivity contribution in [1.82, 2.24) is 4.90 Å². The van der Waals surface area contributed by atoms with Gasteiger partial charge in [0.25, 0.3) is 0 Å². The summed E-state index contributed by atoms with van der Waals surface area (Å²) >= 11 is 8.04. The Morgan fingerprint density at radius 1 is 1.32 bits per heavy atom. The van der Waals surface area contributed by atoms with E-state index in [0.29, 0.717) is 17.1 Å². The van der Waals surface area contributed by atoms with Gasteiger partial charge in [-0.2, -0.15) is 0 Å². The molecule has 3 aliphatic rings. The van der Waals surface area contributed by atoms with Crippen LogP contribution in [-0.2, 0) is 15.1 Å². The first-order valence-electron chi connectivity index (χ1n) is 9.34.